The molecule has 0 radical (unpaired) electrons. The topological polar surface area (TPSA) is 55.1 Å². The van der Waals surface area contributed by atoms with Gasteiger partial charge in [-0.15, -0.1) is 11.8 Å². The van der Waals surface area contributed by atoms with Crippen molar-refractivity contribution in [3.63, 3.8) is 0 Å². The van der Waals surface area contributed by atoms with Crippen LogP contribution in [-0.4, -0.2) is 12.2 Å². The van der Waals surface area contributed by atoms with Gasteiger partial charge in [0, 0.05) is 17.1 Å². The minimum atomic E-state index is -0.308. The number of benzene rings is 3. The van der Waals surface area contributed by atoms with E-state index in [1.807, 2.05) is 36.6 Å². The summed E-state index contributed by atoms with van der Waals surface area (Å²) >= 11 is 1.70. The van der Waals surface area contributed by atoms with Gasteiger partial charge in [0.05, 0.1) is 6.42 Å². The molecule has 3 N–H and O–H groups in total. The third-order valence-electron chi connectivity index (χ3n) is 5.23. The summed E-state index contributed by atoms with van der Waals surface area (Å²) in [5.41, 5.74) is 11.9. The molecule has 0 spiro atoms. The Morgan fingerprint density at radius 2 is 1.77 bits per heavy atom. The number of carbonyl (C=O) groups is 1. The molecule has 1 amide bonds. The number of anilines is 1. The van der Waals surface area contributed by atoms with E-state index in [9.17, 15) is 9.18 Å². The first-order valence-electron chi connectivity index (χ1n) is 9.99. The monoisotopic (exact) mass is 430 g/mol. The molecule has 0 unspecified atom stereocenters. The molecule has 5 heteroatoms. The van der Waals surface area contributed by atoms with Gasteiger partial charge in [-0.05, 0) is 88.2 Å². The Kier molecular flexibility index (Phi) is 6.23. The molecule has 3 aromatic rings. The van der Waals surface area contributed by atoms with Crippen molar-refractivity contribution in [2.45, 2.75) is 17.9 Å². The van der Waals surface area contributed by atoms with Gasteiger partial charge in [0.15, 0.2) is 0 Å². The second-order valence-electron chi connectivity index (χ2n) is 7.43. The lowest BCUT2D eigenvalue weighted by Gasteiger charge is -2.08. The molecule has 156 valence electrons. The highest BCUT2D eigenvalue weighted by molar-refractivity contribution is 7.98. The number of nitrogens with one attached hydrogen (secondary N) is 1. The molecule has 1 aliphatic rings. The molecule has 3 nitrogen and oxygen atoms in total. The Labute approximate surface area is 185 Å². The largest absolute Gasteiger partial charge is 0.399 e. The van der Waals surface area contributed by atoms with Gasteiger partial charge in [0.25, 0.3) is 0 Å². The van der Waals surface area contributed by atoms with Crippen LogP contribution in [0, 0.1) is 5.82 Å². The number of halogens is 1. The third kappa shape index (κ3) is 5.06. The first-order valence-corrected chi connectivity index (χ1v) is 11.2. The van der Waals surface area contributed by atoms with Crippen molar-refractivity contribution in [3.05, 3.63) is 101 Å². The van der Waals surface area contributed by atoms with Crippen LogP contribution in [0.25, 0.3) is 17.2 Å². The number of thioether (sulfide) groups is 1. The van der Waals surface area contributed by atoms with Gasteiger partial charge in [-0.1, -0.05) is 30.3 Å². The Hall–Kier alpha value is -3.31. The summed E-state index contributed by atoms with van der Waals surface area (Å²) in [4.78, 5) is 13.8. The van der Waals surface area contributed by atoms with Crippen LogP contribution in [0.2, 0.25) is 0 Å². The van der Waals surface area contributed by atoms with Crippen LogP contribution in [0.1, 0.15) is 28.7 Å². The third-order valence-corrected chi connectivity index (χ3v) is 5.97. The quantitative estimate of drug-likeness (QED) is 0.385. The minimum absolute atomic E-state index is 0.108. The maximum absolute atomic E-state index is 14.0. The fourth-order valence-electron chi connectivity index (χ4n) is 3.59. The summed E-state index contributed by atoms with van der Waals surface area (Å²) in [6.45, 7) is 0.423. The van der Waals surface area contributed by atoms with Crippen LogP contribution in [0.5, 0.6) is 0 Å². The van der Waals surface area contributed by atoms with E-state index in [0.717, 1.165) is 33.4 Å². The summed E-state index contributed by atoms with van der Waals surface area (Å²) < 4.78 is 14.0. The molecule has 0 saturated heterocycles. The number of hydrogen-bond donors (Lipinski definition) is 2. The van der Waals surface area contributed by atoms with E-state index in [1.165, 1.54) is 17.0 Å². The summed E-state index contributed by atoms with van der Waals surface area (Å²) in [5.74, 6) is -0.415. The molecular formula is C26H23FN2OS. The molecule has 31 heavy (non-hydrogen) atoms. The number of fused-ring (bicyclic) bond motifs is 1. The molecule has 0 heterocycles. The zero-order valence-corrected chi connectivity index (χ0v) is 18.0. The number of rotatable bonds is 6. The number of carbonyl (C=O) groups excluding carboxylic acids is 1. The van der Waals surface area contributed by atoms with Crippen LogP contribution < -0.4 is 11.1 Å². The Bertz CT molecular complexity index is 1170. The maximum Gasteiger partial charge on any atom is 0.224 e. The van der Waals surface area contributed by atoms with Crippen LogP contribution in [0.4, 0.5) is 10.1 Å². The summed E-state index contributed by atoms with van der Waals surface area (Å²) in [6.07, 6.45) is 6.28. The molecule has 3 aromatic carbocycles. The van der Waals surface area contributed by atoms with Crippen molar-refractivity contribution in [1.29, 1.82) is 0 Å². The summed E-state index contributed by atoms with van der Waals surface area (Å²) in [7, 11) is 0. The Morgan fingerprint density at radius 3 is 2.48 bits per heavy atom. The van der Waals surface area contributed by atoms with E-state index in [-0.39, 0.29) is 18.1 Å². The van der Waals surface area contributed by atoms with Gasteiger partial charge in [-0.2, -0.15) is 0 Å². The molecule has 0 bridgehead atoms. The Morgan fingerprint density at radius 1 is 1.03 bits per heavy atom. The zero-order chi connectivity index (χ0) is 21.8. The van der Waals surface area contributed by atoms with Crippen molar-refractivity contribution in [2.75, 3.05) is 12.0 Å². The average Bonchev–Trinajstić information content (AvgIpc) is 3.10. The van der Waals surface area contributed by atoms with E-state index in [4.69, 9.17) is 5.73 Å². The van der Waals surface area contributed by atoms with E-state index in [2.05, 4.69) is 35.7 Å². The van der Waals surface area contributed by atoms with Crippen LogP contribution in [0.3, 0.4) is 0 Å². The zero-order valence-electron chi connectivity index (χ0n) is 17.2. The van der Waals surface area contributed by atoms with Crippen molar-refractivity contribution < 1.29 is 9.18 Å². The second kappa shape index (κ2) is 9.23. The van der Waals surface area contributed by atoms with Crippen molar-refractivity contribution in [1.82, 2.24) is 5.32 Å². The van der Waals surface area contributed by atoms with Crippen LogP contribution in [-0.2, 0) is 11.3 Å². The predicted molar refractivity (Wildman–Crippen MR) is 128 cm³/mol. The summed E-state index contributed by atoms with van der Waals surface area (Å²) in [5, 5.41) is 2.93. The van der Waals surface area contributed by atoms with Gasteiger partial charge in [-0.3, -0.25) is 4.79 Å². The van der Waals surface area contributed by atoms with Gasteiger partial charge in [0.1, 0.15) is 5.82 Å². The molecule has 1 aliphatic carbocycles. The average molecular weight is 431 g/mol. The Balaban J connectivity index is 1.53. The van der Waals surface area contributed by atoms with E-state index in [1.54, 1.807) is 17.8 Å². The highest BCUT2D eigenvalue weighted by Gasteiger charge is 2.21. The van der Waals surface area contributed by atoms with E-state index >= 15 is 0 Å². The molecule has 4 rings (SSSR count). The lowest BCUT2D eigenvalue weighted by molar-refractivity contribution is -0.120. The first-order chi connectivity index (χ1) is 15.0. The van der Waals surface area contributed by atoms with Gasteiger partial charge < -0.3 is 11.1 Å². The highest BCUT2D eigenvalue weighted by atomic mass is 32.2. The van der Waals surface area contributed by atoms with Crippen molar-refractivity contribution >= 4 is 40.6 Å². The predicted octanol–water partition coefficient (Wildman–Crippen LogP) is 5.77. The molecule has 0 fully saturated rings. The van der Waals surface area contributed by atoms with Gasteiger partial charge >= 0.3 is 0 Å². The van der Waals surface area contributed by atoms with Gasteiger partial charge in [-0.25, -0.2) is 4.39 Å². The molecule has 0 saturated carbocycles. The molecule has 0 aromatic heterocycles. The van der Waals surface area contributed by atoms with Crippen molar-refractivity contribution in [2.24, 2.45) is 0 Å². The summed E-state index contributed by atoms with van der Waals surface area (Å²) in [6, 6.07) is 20.4. The normalized spacial score (nSPS) is 13.7. The van der Waals surface area contributed by atoms with Crippen LogP contribution >= 0.6 is 11.8 Å². The number of hydrogen-bond acceptors (Lipinski definition) is 3. The smallest absolute Gasteiger partial charge is 0.224 e. The fourth-order valence-corrected chi connectivity index (χ4v) is 4.00. The van der Waals surface area contributed by atoms with Gasteiger partial charge in [0.2, 0.25) is 5.91 Å². The first kappa shape index (κ1) is 20.9. The number of nitrogens with two attached hydrogens (primary N) is 1. The fraction of sp³-hybridized carbons (Fsp3) is 0.115. The molecule has 0 atom stereocenters. The highest BCUT2D eigenvalue weighted by Crippen LogP contribution is 2.38. The molecular weight excluding hydrogens is 407 g/mol. The second-order valence-corrected chi connectivity index (χ2v) is 8.31. The lowest BCUT2D eigenvalue weighted by atomic mass is 10.0. The SMILES string of the molecule is CSc1ccc(C=C2C=C(CC(=O)NCc3ccc(N)cc3)c3cc(F)ccc32)cc1. The number of nitrogen functional groups attached to an aromatic ring is 1. The number of allylic oxidation sites excluding steroid dienone is 2. The standard InChI is InChI=1S/C26H23FN2OS/c1-31-23-9-4-17(5-10-23)12-19-13-20(25-15-21(27)6-11-24(19)25)14-26(30)29-16-18-2-7-22(28)8-3-18/h2-13,15H,14,16,28H2,1H3,(H,29,30). The van der Waals surface area contributed by atoms with E-state index < -0.39 is 0 Å². The van der Waals surface area contributed by atoms with Crippen molar-refractivity contribution in [3.8, 4) is 0 Å². The van der Waals surface area contributed by atoms with Crippen LogP contribution in [0.15, 0.2) is 77.7 Å². The maximum atomic E-state index is 14.0. The lowest BCUT2D eigenvalue weighted by Crippen LogP contribution is -2.22. The van der Waals surface area contributed by atoms with E-state index in [0.29, 0.717) is 12.2 Å². The molecule has 0 aliphatic heterocycles. The minimum Gasteiger partial charge on any atom is -0.399 e. The number of amides is 1.